The number of hydrogen-bond donors (Lipinski definition) is 1. The lowest BCUT2D eigenvalue weighted by Crippen LogP contribution is -2.21. The molecule has 0 aliphatic heterocycles. The minimum absolute atomic E-state index is 0.0392. The fourth-order valence-corrected chi connectivity index (χ4v) is 2.60. The van der Waals surface area contributed by atoms with Crippen molar-refractivity contribution in [1.29, 1.82) is 0 Å². The Balaban J connectivity index is 2.03. The number of nitrogens with zero attached hydrogens (tertiary/aromatic N) is 1. The first-order chi connectivity index (χ1) is 9.85. The Kier molecular flexibility index (Phi) is 4.84. The van der Waals surface area contributed by atoms with Gasteiger partial charge in [-0.25, -0.2) is 4.98 Å². The van der Waals surface area contributed by atoms with Crippen LogP contribution in [0.15, 0.2) is 30.5 Å². The van der Waals surface area contributed by atoms with Gasteiger partial charge in [-0.1, -0.05) is 18.2 Å². The fourth-order valence-electron chi connectivity index (χ4n) is 1.80. The number of thiazole rings is 1. The summed E-state index contributed by atoms with van der Waals surface area (Å²) in [6.45, 7) is 4.15. The molecule has 1 N–H and O–H groups in total. The number of alkyl halides is 3. The summed E-state index contributed by atoms with van der Waals surface area (Å²) in [6.07, 6.45) is -2.91. The quantitative estimate of drug-likeness (QED) is 0.897. The van der Waals surface area contributed by atoms with E-state index in [1.165, 1.54) is 12.1 Å². The van der Waals surface area contributed by atoms with Crippen LogP contribution < -0.4 is 10.1 Å². The third-order valence-electron chi connectivity index (χ3n) is 2.81. The highest BCUT2D eigenvalue weighted by Crippen LogP contribution is 2.27. The average molecular weight is 316 g/mol. The summed E-state index contributed by atoms with van der Waals surface area (Å²) in [4.78, 5) is 5.35. The molecule has 0 fully saturated rings. The second-order valence-electron chi connectivity index (χ2n) is 4.57. The van der Waals surface area contributed by atoms with Crippen molar-refractivity contribution in [2.75, 3.05) is 0 Å². The Morgan fingerprint density at radius 3 is 2.67 bits per heavy atom. The minimum atomic E-state index is -4.69. The third-order valence-corrected chi connectivity index (χ3v) is 3.90. The van der Waals surface area contributed by atoms with E-state index in [2.05, 4.69) is 15.0 Å². The minimum Gasteiger partial charge on any atom is -0.405 e. The van der Waals surface area contributed by atoms with Gasteiger partial charge in [0.1, 0.15) is 10.8 Å². The number of para-hydroxylation sites is 1. The van der Waals surface area contributed by atoms with Gasteiger partial charge in [0.15, 0.2) is 0 Å². The van der Waals surface area contributed by atoms with Crippen molar-refractivity contribution in [1.82, 2.24) is 10.3 Å². The lowest BCUT2D eigenvalue weighted by Gasteiger charge is -2.15. The number of rotatable bonds is 5. The van der Waals surface area contributed by atoms with E-state index < -0.39 is 6.36 Å². The predicted molar refractivity (Wildman–Crippen MR) is 75.2 cm³/mol. The molecule has 114 valence electrons. The van der Waals surface area contributed by atoms with Crippen LogP contribution >= 0.6 is 11.3 Å². The Morgan fingerprint density at radius 1 is 1.33 bits per heavy atom. The topological polar surface area (TPSA) is 34.2 Å². The fraction of sp³-hybridized carbons (Fsp3) is 0.357. The van der Waals surface area contributed by atoms with Gasteiger partial charge < -0.3 is 10.1 Å². The van der Waals surface area contributed by atoms with Crippen LogP contribution in [0.5, 0.6) is 5.75 Å². The van der Waals surface area contributed by atoms with Gasteiger partial charge in [0, 0.05) is 23.2 Å². The molecule has 2 rings (SSSR count). The van der Waals surface area contributed by atoms with Gasteiger partial charge in [-0.05, 0) is 19.9 Å². The molecule has 0 aliphatic carbocycles. The van der Waals surface area contributed by atoms with Crippen LogP contribution in [0.25, 0.3) is 0 Å². The van der Waals surface area contributed by atoms with Crippen LogP contribution in [-0.4, -0.2) is 11.3 Å². The van der Waals surface area contributed by atoms with Crippen molar-refractivity contribution in [3.63, 3.8) is 0 Å². The van der Waals surface area contributed by atoms with Gasteiger partial charge >= 0.3 is 6.36 Å². The molecule has 1 unspecified atom stereocenters. The molecule has 0 radical (unpaired) electrons. The summed E-state index contributed by atoms with van der Waals surface area (Å²) < 4.78 is 41.0. The molecule has 0 saturated carbocycles. The van der Waals surface area contributed by atoms with E-state index in [-0.39, 0.29) is 18.3 Å². The van der Waals surface area contributed by atoms with Crippen molar-refractivity contribution in [2.24, 2.45) is 0 Å². The molecule has 0 saturated heterocycles. The maximum Gasteiger partial charge on any atom is 0.573 e. The third kappa shape index (κ3) is 4.71. The zero-order chi connectivity index (χ0) is 15.5. The maximum absolute atomic E-state index is 12.3. The predicted octanol–water partition coefficient (Wildman–Crippen LogP) is 4.20. The molecular formula is C14H15F3N2OS. The first-order valence-corrected chi connectivity index (χ1v) is 7.16. The smallest absolute Gasteiger partial charge is 0.405 e. The van der Waals surface area contributed by atoms with Crippen molar-refractivity contribution in [3.05, 3.63) is 45.9 Å². The SMILES string of the molecule is Cc1cnc(C(C)NCc2ccccc2OC(F)(F)F)s1. The van der Waals surface area contributed by atoms with Gasteiger partial charge in [-0.2, -0.15) is 0 Å². The van der Waals surface area contributed by atoms with Crippen molar-refractivity contribution >= 4 is 11.3 Å². The largest absolute Gasteiger partial charge is 0.573 e. The average Bonchev–Trinajstić information content (AvgIpc) is 2.82. The molecule has 3 nitrogen and oxygen atoms in total. The van der Waals surface area contributed by atoms with Crippen LogP contribution in [0.1, 0.15) is 28.4 Å². The standard InChI is InChI=1S/C14H15F3N2OS/c1-9-7-19-13(21-9)10(2)18-8-11-5-3-4-6-12(11)20-14(15,16)17/h3-7,10,18H,8H2,1-2H3. The number of aromatic nitrogens is 1. The van der Waals surface area contributed by atoms with Gasteiger partial charge in [0.25, 0.3) is 0 Å². The zero-order valence-electron chi connectivity index (χ0n) is 11.6. The van der Waals surface area contributed by atoms with Gasteiger partial charge in [-0.3, -0.25) is 0 Å². The normalized spacial score (nSPS) is 13.2. The first kappa shape index (κ1) is 15.8. The number of ether oxygens (including phenoxy) is 1. The van der Waals surface area contributed by atoms with E-state index in [1.807, 2.05) is 13.8 Å². The van der Waals surface area contributed by atoms with Gasteiger partial charge in [-0.15, -0.1) is 24.5 Å². The number of aryl methyl sites for hydroxylation is 1. The Hall–Kier alpha value is -1.60. The number of benzene rings is 1. The monoisotopic (exact) mass is 316 g/mol. The van der Waals surface area contributed by atoms with Crippen LogP contribution in [0.2, 0.25) is 0 Å². The van der Waals surface area contributed by atoms with Crippen molar-refractivity contribution in [2.45, 2.75) is 32.8 Å². The van der Waals surface area contributed by atoms with Crippen LogP contribution in [0, 0.1) is 6.92 Å². The van der Waals surface area contributed by atoms with E-state index in [1.54, 1.807) is 29.7 Å². The Bertz CT molecular complexity index is 598. The summed E-state index contributed by atoms with van der Waals surface area (Å²) in [5.41, 5.74) is 0.454. The molecule has 1 heterocycles. The molecule has 0 bridgehead atoms. The van der Waals surface area contributed by atoms with Crippen molar-refractivity contribution < 1.29 is 17.9 Å². The van der Waals surface area contributed by atoms with E-state index in [4.69, 9.17) is 0 Å². The maximum atomic E-state index is 12.3. The highest BCUT2D eigenvalue weighted by molar-refractivity contribution is 7.11. The highest BCUT2D eigenvalue weighted by Gasteiger charge is 2.31. The Labute approximate surface area is 124 Å². The van der Waals surface area contributed by atoms with Crippen LogP contribution in [-0.2, 0) is 6.54 Å². The number of nitrogens with one attached hydrogen (secondary N) is 1. The second-order valence-corrected chi connectivity index (χ2v) is 5.83. The van der Waals surface area contributed by atoms with Gasteiger partial charge in [0.05, 0.1) is 6.04 Å². The molecule has 0 amide bonds. The van der Waals surface area contributed by atoms with E-state index in [9.17, 15) is 13.2 Å². The second kappa shape index (κ2) is 6.44. The summed E-state index contributed by atoms with van der Waals surface area (Å²) in [6, 6.07) is 6.07. The molecular weight excluding hydrogens is 301 g/mol. The molecule has 0 spiro atoms. The summed E-state index contributed by atoms with van der Waals surface area (Å²) in [5.74, 6) is -0.181. The number of hydrogen-bond acceptors (Lipinski definition) is 4. The zero-order valence-corrected chi connectivity index (χ0v) is 12.4. The highest BCUT2D eigenvalue weighted by atomic mass is 32.1. The molecule has 1 atom stereocenters. The molecule has 1 aromatic heterocycles. The van der Waals surface area contributed by atoms with Gasteiger partial charge in [0.2, 0.25) is 0 Å². The summed E-state index contributed by atoms with van der Waals surface area (Å²) >= 11 is 1.56. The molecule has 1 aromatic carbocycles. The molecule has 0 aliphatic rings. The van der Waals surface area contributed by atoms with Crippen LogP contribution in [0.4, 0.5) is 13.2 Å². The number of halogens is 3. The van der Waals surface area contributed by atoms with E-state index in [0.29, 0.717) is 5.56 Å². The van der Waals surface area contributed by atoms with E-state index in [0.717, 1.165) is 9.88 Å². The molecule has 2 aromatic rings. The summed E-state index contributed by atoms with van der Waals surface area (Å²) in [5, 5.41) is 4.06. The van der Waals surface area contributed by atoms with E-state index >= 15 is 0 Å². The lowest BCUT2D eigenvalue weighted by molar-refractivity contribution is -0.274. The van der Waals surface area contributed by atoms with Crippen molar-refractivity contribution in [3.8, 4) is 5.75 Å². The lowest BCUT2D eigenvalue weighted by atomic mass is 10.2. The molecule has 21 heavy (non-hydrogen) atoms. The van der Waals surface area contributed by atoms with Crippen LogP contribution in [0.3, 0.4) is 0 Å². The summed E-state index contributed by atoms with van der Waals surface area (Å²) in [7, 11) is 0. The Morgan fingerprint density at radius 2 is 2.05 bits per heavy atom. The first-order valence-electron chi connectivity index (χ1n) is 6.34. The molecule has 7 heteroatoms.